The number of Topliss-reactive ketones (excluding diaryl/α,β-unsaturated/α-hetero) is 1. The molecule has 0 aliphatic carbocycles. The molecule has 0 saturated heterocycles. The van der Waals surface area contributed by atoms with Crippen LogP contribution in [0.3, 0.4) is 0 Å². The Bertz CT molecular complexity index is 998. The lowest BCUT2D eigenvalue weighted by atomic mass is 10.1. The molecule has 1 aromatic heterocycles. The van der Waals surface area contributed by atoms with Crippen LogP contribution >= 0.6 is 11.8 Å². The lowest BCUT2D eigenvalue weighted by Gasteiger charge is -2.08. The van der Waals surface area contributed by atoms with Crippen LogP contribution in [0.1, 0.15) is 24.2 Å². The highest BCUT2D eigenvalue weighted by Gasteiger charge is 2.15. The molecule has 3 aromatic rings. The van der Waals surface area contributed by atoms with Gasteiger partial charge in [0.15, 0.2) is 16.8 Å². The van der Waals surface area contributed by atoms with Crippen molar-refractivity contribution in [1.82, 2.24) is 14.8 Å². The maximum absolute atomic E-state index is 12.5. The first kappa shape index (κ1) is 20.6. The van der Waals surface area contributed by atoms with E-state index in [1.807, 2.05) is 35.8 Å². The van der Waals surface area contributed by atoms with E-state index in [1.165, 1.54) is 18.7 Å². The third-order valence-electron chi connectivity index (χ3n) is 4.24. The minimum absolute atomic E-state index is 0.0181. The maximum Gasteiger partial charge on any atom is 0.221 e. The summed E-state index contributed by atoms with van der Waals surface area (Å²) in [5, 5.41) is 12.0. The number of ketones is 1. The Morgan fingerprint density at radius 3 is 2.34 bits per heavy atom. The standard InChI is InChI=1S/C21H22N4O3S/c1-4-25-20(16-5-9-17(10-6-16)22-14(2)26)23-24-21(25)29-13-19(27)15-7-11-18(28-3)12-8-15/h5-12H,4,13H2,1-3H3,(H,22,26). The van der Waals surface area contributed by atoms with E-state index in [-0.39, 0.29) is 17.4 Å². The number of nitrogens with zero attached hydrogens (tertiary/aromatic N) is 3. The molecule has 0 unspecified atom stereocenters. The quantitative estimate of drug-likeness (QED) is 0.448. The summed E-state index contributed by atoms with van der Waals surface area (Å²) >= 11 is 1.36. The van der Waals surface area contributed by atoms with E-state index in [9.17, 15) is 9.59 Å². The smallest absolute Gasteiger partial charge is 0.221 e. The van der Waals surface area contributed by atoms with Crippen LogP contribution in [0, 0.1) is 0 Å². The van der Waals surface area contributed by atoms with E-state index in [2.05, 4.69) is 15.5 Å². The van der Waals surface area contributed by atoms with E-state index in [0.717, 1.165) is 17.1 Å². The molecular weight excluding hydrogens is 388 g/mol. The number of nitrogens with one attached hydrogen (secondary N) is 1. The molecule has 0 aliphatic heterocycles. The number of anilines is 1. The second kappa shape index (κ2) is 9.38. The van der Waals surface area contributed by atoms with Crippen molar-refractivity contribution in [3.05, 3.63) is 54.1 Å². The van der Waals surface area contributed by atoms with Crippen LogP contribution in [0.4, 0.5) is 5.69 Å². The Balaban J connectivity index is 1.72. The van der Waals surface area contributed by atoms with Gasteiger partial charge < -0.3 is 14.6 Å². The molecule has 0 aliphatic rings. The molecule has 29 heavy (non-hydrogen) atoms. The number of hydrogen-bond acceptors (Lipinski definition) is 6. The molecule has 8 heteroatoms. The Morgan fingerprint density at radius 2 is 1.76 bits per heavy atom. The fraction of sp³-hybridized carbons (Fsp3) is 0.238. The molecule has 0 fully saturated rings. The summed E-state index contributed by atoms with van der Waals surface area (Å²) < 4.78 is 7.09. The number of carbonyl (C=O) groups excluding carboxylic acids is 2. The predicted octanol–water partition coefficient (Wildman–Crippen LogP) is 3.91. The number of ether oxygens (including phenoxy) is 1. The highest BCUT2D eigenvalue weighted by molar-refractivity contribution is 7.99. The lowest BCUT2D eigenvalue weighted by Crippen LogP contribution is -2.06. The van der Waals surface area contributed by atoms with Crippen LogP contribution in [0.2, 0.25) is 0 Å². The SMILES string of the molecule is CCn1c(SCC(=O)c2ccc(OC)cc2)nnc1-c1ccc(NC(C)=O)cc1. The zero-order chi connectivity index (χ0) is 20.8. The third kappa shape index (κ3) is 5.03. The lowest BCUT2D eigenvalue weighted by molar-refractivity contribution is -0.114. The van der Waals surface area contributed by atoms with Crippen molar-refractivity contribution in [1.29, 1.82) is 0 Å². The minimum Gasteiger partial charge on any atom is -0.497 e. The highest BCUT2D eigenvalue weighted by Crippen LogP contribution is 2.26. The molecular formula is C21H22N4O3S. The maximum atomic E-state index is 12.5. The highest BCUT2D eigenvalue weighted by atomic mass is 32.2. The van der Waals surface area contributed by atoms with Crippen molar-refractivity contribution in [3.8, 4) is 17.1 Å². The molecule has 1 N–H and O–H groups in total. The Labute approximate surface area is 173 Å². The molecule has 1 amide bonds. The molecule has 3 rings (SSSR count). The van der Waals surface area contributed by atoms with Crippen molar-refractivity contribution in [3.63, 3.8) is 0 Å². The van der Waals surface area contributed by atoms with Gasteiger partial charge in [-0.3, -0.25) is 9.59 Å². The number of methoxy groups -OCH3 is 1. The summed E-state index contributed by atoms with van der Waals surface area (Å²) in [6, 6.07) is 14.5. The molecule has 0 atom stereocenters. The van der Waals surface area contributed by atoms with Crippen LogP contribution in [0.25, 0.3) is 11.4 Å². The fourth-order valence-corrected chi connectivity index (χ4v) is 3.69. The van der Waals surface area contributed by atoms with Crippen molar-refractivity contribution in [2.24, 2.45) is 0 Å². The minimum atomic E-state index is -0.116. The normalized spacial score (nSPS) is 10.6. The molecule has 0 bridgehead atoms. The molecule has 1 heterocycles. The van der Waals surface area contributed by atoms with Crippen molar-refractivity contribution in [2.45, 2.75) is 25.5 Å². The summed E-state index contributed by atoms with van der Waals surface area (Å²) in [5.41, 5.74) is 2.25. The average Bonchev–Trinajstić information content (AvgIpc) is 3.15. The van der Waals surface area contributed by atoms with Gasteiger partial charge in [0.05, 0.1) is 12.9 Å². The predicted molar refractivity (Wildman–Crippen MR) is 113 cm³/mol. The van der Waals surface area contributed by atoms with Crippen molar-refractivity contribution < 1.29 is 14.3 Å². The molecule has 150 valence electrons. The van der Waals surface area contributed by atoms with Crippen molar-refractivity contribution >= 4 is 29.1 Å². The van der Waals surface area contributed by atoms with Crippen LogP contribution in [-0.4, -0.2) is 39.3 Å². The molecule has 0 radical (unpaired) electrons. The van der Waals surface area contributed by atoms with Gasteiger partial charge in [-0.1, -0.05) is 11.8 Å². The van der Waals surface area contributed by atoms with Gasteiger partial charge >= 0.3 is 0 Å². The second-order valence-corrected chi connectivity index (χ2v) is 7.19. The number of carbonyl (C=O) groups is 2. The number of aromatic nitrogens is 3. The monoisotopic (exact) mass is 410 g/mol. The average molecular weight is 410 g/mol. The summed E-state index contributed by atoms with van der Waals surface area (Å²) in [6.45, 7) is 4.15. The number of amides is 1. The van der Waals surface area contributed by atoms with E-state index in [4.69, 9.17) is 4.74 Å². The van der Waals surface area contributed by atoms with Gasteiger partial charge in [-0.15, -0.1) is 10.2 Å². The molecule has 0 saturated carbocycles. The fourth-order valence-electron chi connectivity index (χ4n) is 2.79. The van der Waals surface area contributed by atoms with Gasteiger partial charge in [0, 0.05) is 30.3 Å². The second-order valence-electron chi connectivity index (χ2n) is 6.25. The first-order valence-corrected chi connectivity index (χ1v) is 10.1. The Hall–Kier alpha value is -3.13. The van der Waals surface area contributed by atoms with E-state index < -0.39 is 0 Å². The van der Waals surface area contributed by atoms with Gasteiger partial charge in [-0.2, -0.15) is 0 Å². The van der Waals surface area contributed by atoms with Gasteiger partial charge in [0.1, 0.15) is 5.75 Å². The van der Waals surface area contributed by atoms with Gasteiger partial charge in [-0.25, -0.2) is 0 Å². The zero-order valence-corrected chi connectivity index (χ0v) is 17.3. The molecule has 2 aromatic carbocycles. The summed E-state index contributed by atoms with van der Waals surface area (Å²) in [4.78, 5) is 23.6. The Morgan fingerprint density at radius 1 is 1.07 bits per heavy atom. The summed E-state index contributed by atoms with van der Waals surface area (Å²) in [6.07, 6.45) is 0. The summed E-state index contributed by atoms with van der Waals surface area (Å²) in [7, 11) is 1.59. The molecule has 0 spiro atoms. The van der Waals surface area contributed by atoms with Gasteiger partial charge in [0.25, 0.3) is 0 Å². The number of thioether (sulfide) groups is 1. The van der Waals surface area contributed by atoms with Gasteiger partial charge in [0.2, 0.25) is 5.91 Å². The van der Waals surface area contributed by atoms with Crippen molar-refractivity contribution in [2.75, 3.05) is 18.2 Å². The van der Waals surface area contributed by atoms with E-state index in [0.29, 0.717) is 23.0 Å². The van der Waals surface area contributed by atoms with Crippen LogP contribution in [0.15, 0.2) is 53.7 Å². The van der Waals surface area contributed by atoms with Crippen LogP contribution in [0.5, 0.6) is 5.75 Å². The zero-order valence-electron chi connectivity index (χ0n) is 16.5. The molecule has 7 nitrogen and oxygen atoms in total. The first-order valence-electron chi connectivity index (χ1n) is 9.13. The van der Waals surface area contributed by atoms with Crippen LogP contribution < -0.4 is 10.1 Å². The third-order valence-corrected chi connectivity index (χ3v) is 5.21. The Kier molecular flexibility index (Phi) is 6.66. The van der Waals surface area contributed by atoms with Gasteiger partial charge in [-0.05, 0) is 55.5 Å². The number of rotatable bonds is 8. The largest absolute Gasteiger partial charge is 0.497 e. The topological polar surface area (TPSA) is 86.1 Å². The number of hydrogen-bond donors (Lipinski definition) is 1. The first-order chi connectivity index (χ1) is 14.0. The number of benzene rings is 2. The summed E-state index contributed by atoms with van der Waals surface area (Å²) in [5.74, 6) is 1.61. The van der Waals surface area contributed by atoms with E-state index >= 15 is 0 Å². The van der Waals surface area contributed by atoms with Crippen LogP contribution in [-0.2, 0) is 11.3 Å². The van der Waals surface area contributed by atoms with E-state index in [1.54, 1.807) is 31.4 Å².